The van der Waals surface area contributed by atoms with E-state index in [1.54, 1.807) is 6.92 Å². The first-order valence-electron chi connectivity index (χ1n) is 3.66. The Kier molecular flexibility index (Phi) is 4.09. The molecule has 0 radical (unpaired) electrons. The Balaban J connectivity index is 4.15. The Hall–Kier alpha value is -0.710. The molecule has 0 aromatic heterocycles. The molecule has 12 heavy (non-hydrogen) atoms. The van der Waals surface area contributed by atoms with Crippen molar-refractivity contribution in [3.05, 3.63) is 0 Å². The molecule has 70 valence electrons. The van der Waals surface area contributed by atoms with Gasteiger partial charge in [0.05, 0.1) is 0 Å². The lowest BCUT2D eigenvalue weighted by Gasteiger charge is -2.20. The van der Waals surface area contributed by atoms with Crippen LogP contribution in [-0.2, 0) is 9.59 Å². The highest BCUT2D eigenvalue weighted by Crippen LogP contribution is 2.25. The molecule has 0 heterocycles. The van der Waals surface area contributed by atoms with E-state index in [0.29, 0.717) is 6.42 Å². The number of primary amides is 1. The zero-order valence-electron chi connectivity index (χ0n) is 6.91. The summed E-state index contributed by atoms with van der Waals surface area (Å²) in [6.07, 6.45) is 0.611. The van der Waals surface area contributed by atoms with Crippen LogP contribution in [0.1, 0.15) is 26.2 Å². The predicted molar refractivity (Wildman–Crippen MR) is 48.1 cm³/mol. The van der Waals surface area contributed by atoms with Gasteiger partial charge in [0, 0.05) is 6.42 Å². The molecular weight excluding hydrogens is 178 g/mol. The summed E-state index contributed by atoms with van der Waals surface area (Å²) in [5, 5.41) is 8.72. The number of carboxylic acid groups (broad SMARTS) is 1. The third kappa shape index (κ3) is 3.13. The number of thiol groups is 1. The molecule has 0 rings (SSSR count). The Morgan fingerprint density at radius 2 is 2.08 bits per heavy atom. The molecular formula is C7H13NO3S. The van der Waals surface area contributed by atoms with Gasteiger partial charge in [0.2, 0.25) is 5.91 Å². The summed E-state index contributed by atoms with van der Waals surface area (Å²) in [4.78, 5) is 21.0. The van der Waals surface area contributed by atoms with Crippen molar-refractivity contribution >= 4 is 24.5 Å². The van der Waals surface area contributed by atoms with Crippen LogP contribution < -0.4 is 5.73 Å². The molecule has 1 unspecified atom stereocenters. The zero-order chi connectivity index (χ0) is 9.78. The monoisotopic (exact) mass is 191 g/mol. The van der Waals surface area contributed by atoms with E-state index in [4.69, 9.17) is 10.8 Å². The van der Waals surface area contributed by atoms with E-state index in [9.17, 15) is 9.59 Å². The lowest BCUT2D eigenvalue weighted by atomic mass is 9.99. The van der Waals surface area contributed by atoms with Gasteiger partial charge in [-0.15, -0.1) is 0 Å². The van der Waals surface area contributed by atoms with Crippen LogP contribution in [-0.4, -0.2) is 21.7 Å². The maximum atomic E-state index is 10.6. The minimum atomic E-state index is -1.12. The maximum absolute atomic E-state index is 10.6. The van der Waals surface area contributed by atoms with Crippen molar-refractivity contribution < 1.29 is 14.7 Å². The summed E-state index contributed by atoms with van der Waals surface area (Å²) in [7, 11) is 0. The molecule has 0 aromatic carbocycles. The molecule has 0 aliphatic carbocycles. The van der Waals surface area contributed by atoms with Gasteiger partial charge >= 0.3 is 5.97 Å². The Morgan fingerprint density at radius 3 is 2.33 bits per heavy atom. The summed E-state index contributed by atoms with van der Waals surface area (Å²) in [5.74, 6) is -1.50. The SMILES string of the molecule is CCC(S)(CCC(N)=O)C(=O)O. The molecule has 0 bridgehead atoms. The molecule has 4 nitrogen and oxygen atoms in total. The van der Waals surface area contributed by atoms with Crippen LogP contribution in [0.2, 0.25) is 0 Å². The van der Waals surface area contributed by atoms with Crippen LogP contribution in [0, 0.1) is 0 Å². The topological polar surface area (TPSA) is 80.4 Å². The number of carboxylic acids is 1. The third-order valence-electron chi connectivity index (χ3n) is 1.77. The maximum Gasteiger partial charge on any atom is 0.319 e. The molecule has 1 atom stereocenters. The highest BCUT2D eigenvalue weighted by molar-refractivity contribution is 7.82. The number of amides is 1. The zero-order valence-corrected chi connectivity index (χ0v) is 7.80. The third-order valence-corrected chi connectivity index (χ3v) is 2.50. The van der Waals surface area contributed by atoms with E-state index < -0.39 is 16.6 Å². The summed E-state index contributed by atoms with van der Waals surface area (Å²) in [6, 6.07) is 0. The van der Waals surface area contributed by atoms with Crippen LogP contribution in [0.4, 0.5) is 0 Å². The fraction of sp³-hybridized carbons (Fsp3) is 0.714. The molecule has 1 amide bonds. The Morgan fingerprint density at radius 1 is 1.58 bits per heavy atom. The van der Waals surface area contributed by atoms with Crippen LogP contribution in [0.25, 0.3) is 0 Å². The van der Waals surface area contributed by atoms with E-state index in [1.807, 2.05) is 0 Å². The van der Waals surface area contributed by atoms with E-state index in [0.717, 1.165) is 0 Å². The second-order valence-corrected chi connectivity index (χ2v) is 3.51. The van der Waals surface area contributed by atoms with Gasteiger partial charge in [-0.2, -0.15) is 12.6 Å². The molecule has 0 aliphatic heterocycles. The first kappa shape index (κ1) is 11.3. The van der Waals surface area contributed by atoms with Crippen molar-refractivity contribution in [2.75, 3.05) is 0 Å². The molecule has 0 fully saturated rings. The second-order valence-electron chi connectivity index (χ2n) is 2.66. The molecule has 0 aromatic rings. The van der Waals surface area contributed by atoms with Crippen LogP contribution in [0.3, 0.4) is 0 Å². The van der Waals surface area contributed by atoms with Gasteiger partial charge in [0.25, 0.3) is 0 Å². The highest BCUT2D eigenvalue weighted by Gasteiger charge is 2.32. The number of carbonyl (C=O) groups is 2. The summed E-state index contributed by atoms with van der Waals surface area (Å²) >= 11 is 3.98. The van der Waals surface area contributed by atoms with Crippen molar-refractivity contribution in [1.29, 1.82) is 0 Å². The van der Waals surface area contributed by atoms with Crippen molar-refractivity contribution in [3.8, 4) is 0 Å². The van der Waals surface area contributed by atoms with Gasteiger partial charge in [0.1, 0.15) is 4.75 Å². The lowest BCUT2D eigenvalue weighted by molar-refractivity contribution is -0.140. The molecule has 0 aliphatic rings. The first-order valence-corrected chi connectivity index (χ1v) is 4.11. The molecule has 3 N–H and O–H groups in total. The van der Waals surface area contributed by atoms with Crippen LogP contribution in [0.15, 0.2) is 0 Å². The van der Waals surface area contributed by atoms with Crippen LogP contribution in [0.5, 0.6) is 0 Å². The van der Waals surface area contributed by atoms with Gasteiger partial charge in [0.15, 0.2) is 0 Å². The standard InChI is InChI=1S/C7H13NO3S/c1-2-7(12,6(10)11)4-3-5(8)9/h12H,2-4H2,1H3,(H2,8,9)(H,10,11). The largest absolute Gasteiger partial charge is 0.480 e. The summed E-state index contributed by atoms with van der Waals surface area (Å²) < 4.78 is -1.12. The van der Waals surface area contributed by atoms with Gasteiger partial charge in [-0.1, -0.05) is 6.92 Å². The Labute approximate surface area is 76.5 Å². The van der Waals surface area contributed by atoms with Crippen molar-refractivity contribution in [2.24, 2.45) is 5.73 Å². The number of hydrogen-bond acceptors (Lipinski definition) is 3. The van der Waals surface area contributed by atoms with Gasteiger partial charge in [-0.05, 0) is 12.8 Å². The second kappa shape index (κ2) is 4.35. The predicted octanol–water partition coefficient (Wildman–Crippen LogP) is 0.415. The number of rotatable bonds is 5. The van der Waals surface area contributed by atoms with Gasteiger partial charge in [-0.3, -0.25) is 9.59 Å². The lowest BCUT2D eigenvalue weighted by Crippen LogP contribution is -2.33. The normalized spacial score (nSPS) is 15.2. The average Bonchev–Trinajstić information content (AvgIpc) is 1.99. The molecule has 0 saturated heterocycles. The van der Waals surface area contributed by atoms with Crippen LogP contribution >= 0.6 is 12.6 Å². The number of aliphatic carboxylic acids is 1. The smallest absolute Gasteiger partial charge is 0.319 e. The highest BCUT2D eigenvalue weighted by atomic mass is 32.1. The van der Waals surface area contributed by atoms with Crippen molar-refractivity contribution in [3.63, 3.8) is 0 Å². The van der Waals surface area contributed by atoms with E-state index in [2.05, 4.69) is 12.6 Å². The minimum Gasteiger partial charge on any atom is -0.480 e. The number of nitrogens with two attached hydrogens (primary N) is 1. The fourth-order valence-corrected chi connectivity index (χ4v) is 0.877. The Bertz CT molecular complexity index is 195. The minimum absolute atomic E-state index is 0.0592. The van der Waals surface area contributed by atoms with E-state index in [-0.39, 0.29) is 12.8 Å². The number of carbonyl (C=O) groups excluding carboxylic acids is 1. The van der Waals surface area contributed by atoms with E-state index >= 15 is 0 Å². The molecule has 0 saturated carbocycles. The van der Waals surface area contributed by atoms with Gasteiger partial charge < -0.3 is 10.8 Å². The van der Waals surface area contributed by atoms with E-state index in [1.165, 1.54) is 0 Å². The fourth-order valence-electron chi connectivity index (χ4n) is 0.765. The quantitative estimate of drug-likeness (QED) is 0.551. The average molecular weight is 191 g/mol. The molecule has 5 heteroatoms. The summed E-state index contributed by atoms with van der Waals surface area (Å²) in [5.41, 5.74) is 4.89. The number of hydrogen-bond donors (Lipinski definition) is 3. The van der Waals surface area contributed by atoms with Crippen molar-refractivity contribution in [2.45, 2.75) is 30.9 Å². The first-order chi connectivity index (χ1) is 5.42. The molecule has 0 spiro atoms. The summed E-state index contributed by atoms with van der Waals surface area (Å²) in [6.45, 7) is 1.71. The van der Waals surface area contributed by atoms with Crippen molar-refractivity contribution in [1.82, 2.24) is 0 Å². The van der Waals surface area contributed by atoms with Gasteiger partial charge in [-0.25, -0.2) is 0 Å².